The molecule has 0 heterocycles. The highest BCUT2D eigenvalue weighted by Crippen LogP contribution is 2.09. The molecule has 0 aliphatic carbocycles. The number of carbonyl (C=O) groups is 1. The van der Waals surface area contributed by atoms with Crippen molar-refractivity contribution in [3.63, 3.8) is 0 Å². The first kappa shape index (κ1) is 5.67. The van der Waals surface area contributed by atoms with E-state index >= 15 is 0 Å². The molecule has 1 aromatic carbocycles. The predicted octanol–water partition coefficient (Wildman–Crippen LogP) is 1.43. The largest absolute Gasteiger partial charge is 0.449 e. The van der Waals surface area contributed by atoms with E-state index in [1.54, 1.807) is 0 Å². The van der Waals surface area contributed by atoms with Crippen LogP contribution in [0.15, 0.2) is 29.1 Å². The lowest BCUT2D eigenvalue weighted by Crippen LogP contribution is -2.31. The molecule has 0 spiro atoms. The maximum absolute atomic E-state index is 12.1. The molecule has 0 atom stereocenters. The van der Waals surface area contributed by atoms with Crippen molar-refractivity contribution in [2.75, 3.05) is 6.61 Å². The number of rotatable bonds is 3. The molecule has 6 heteroatoms. The highest BCUT2D eigenvalue weighted by atomic mass is 32.2. The molecule has 88 valence electrons. The monoisotopic (exact) mass is 250 g/mol. The van der Waals surface area contributed by atoms with Gasteiger partial charge in [-0.05, 0) is 25.9 Å². The molecule has 1 N–H and O–H groups in total. The molecule has 1 aromatic rings. The fraction of sp³-hybridized carbons (Fsp3) is 0.300. The normalized spacial score (nSPS) is 17.9. The van der Waals surface area contributed by atoms with Gasteiger partial charge in [-0.15, -0.1) is 0 Å². The first-order valence-electron chi connectivity index (χ1n) is 7.65. The molecule has 0 aliphatic heterocycles. The maximum atomic E-state index is 12.1. The molecule has 16 heavy (non-hydrogen) atoms. The zero-order valence-corrected chi connectivity index (χ0v) is 9.06. The van der Waals surface area contributed by atoms with Gasteiger partial charge in [0.05, 0.1) is 17.0 Å². The number of sulfonamides is 1. The molecule has 0 unspecified atom stereocenters. The van der Waals surface area contributed by atoms with E-state index in [9.17, 15) is 13.2 Å². The Balaban J connectivity index is 3.60. The number of carbonyl (C=O) groups excluding carboxylic acids is 1. The van der Waals surface area contributed by atoms with Gasteiger partial charge in [0.2, 0.25) is 0 Å². The SMILES string of the molecule is [2H]c1c([2H])c(S(=O)(=O)NC(=O)OCC)c([2H])c([2H])c1C([2H])([2H])[2H]. The predicted molar refractivity (Wildman–Crippen MR) is 58.5 cm³/mol. The van der Waals surface area contributed by atoms with E-state index in [1.165, 1.54) is 11.6 Å². The van der Waals surface area contributed by atoms with Gasteiger partial charge in [-0.3, -0.25) is 0 Å². The Labute approximate surface area is 104 Å². The van der Waals surface area contributed by atoms with Gasteiger partial charge >= 0.3 is 6.09 Å². The summed E-state index contributed by atoms with van der Waals surface area (Å²) >= 11 is 0. The highest BCUT2D eigenvalue weighted by Gasteiger charge is 2.17. The van der Waals surface area contributed by atoms with Crippen LogP contribution in [-0.2, 0) is 14.8 Å². The number of ether oxygens (including phenoxy) is 1. The van der Waals surface area contributed by atoms with Gasteiger partial charge < -0.3 is 4.74 Å². The van der Waals surface area contributed by atoms with Crippen molar-refractivity contribution >= 4 is 16.1 Å². The van der Waals surface area contributed by atoms with E-state index in [0.717, 1.165) is 0 Å². The van der Waals surface area contributed by atoms with Crippen LogP contribution in [0.3, 0.4) is 0 Å². The van der Waals surface area contributed by atoms with E-state index in [1.807, 2.05) is 0 Å². The lowest BCUT2D eigenvalue weighted by molar-refractivity contribution is 0.158. The summed E-state index contributed by atoms with van der Waals surface area (Å²) in [5.41, 5.74) is -0.900. The topological polar surface area (TPSA) is 72.5 Å². The summed E-state index contributed by atoms with van der Waals surface area (Å²) in [6.45, 7) is -1.67. The van der Waals surface area contributed by atoms with Crippen LogP contribution in [0.2, 0.25) is 0 Å². The average Bonchev–Trinajstić information content (AvgIpc) is 2.34. The lowest BCUT2D eigenvalue weighted by Gasteiger charge is -2.06. The van der Waals surface area contributed by atoms with E-state index in [4.69, 9.17) is 9.60 Å². The van der Waals surface area contributed by atoms with Crippen molar-refractivity contribution in [1.29, 1.82) is 0 Å². The van der Waals surface area contributed by atoms with E-state index in [-0.39, 0.29) is 6.61 Å². The summed E-state index contributed by atoms with van der Waals surface area (Å²) in [5, 5.41) is 0. The minimum absolute atomic E-state index is 0.131. The molecule has 0 radical (unpaired) electrons. The van der Waals surface area contributed by atoms with Crippen molar-refractivity contribution in [1.82, 2.24) is 4.72 Å². The molecule has 0 saturated carbocycles. The van der Waals surface area contributed by atoms with Gasteiger partial charge in [0.1, 0.15) is 0 Å². The summed E-state index contributed by atoms with van der Waals surface area (Å²) in [6.07, 6.45) is -1.36. The summed E-state index contributed by atoms with van der Waals surface area (Å²) in [6, 6.07) is -4.21. The summed E-state index contributed by atoms with van der Waals surface area (Å²) < 4.78 is 82.1. The second-order valence-electron chi connectivity index (χ2n) is 2.53. The number of benzene rings is 1. The van der Waals surface area contributed by atoms with Gasteiger partial charge in [0, 0.05) is 4.11 Å². The summed E-state index contributed by atoms with van der Waals surface area (Å²) in [5.74, 6) is 0. The molecule has 0 saturated heterocycles. The Hall–Kier alpha value is -1.56. The minimum Gasteiger partial charge on any atom is -0.449 e. The Morgan fingerprint density at radius 3 is 2.62 bits per heavy atom. The van der Waals surface area contributed by atoms with Crippen molar-refractivity contribution in [2.24, 2.45) is 0 Å². The van der Waals surface area contributed by atoms with Crippen LogP contribution in [0.5, 0.6) is 0 Å². The number of hydrogen-bond acceptors (Lipinski definition) is 4. The van der Waals surface area contributed by atoms with Crippen LogP contribution in [0.1, 0.15) is 22.1 Å². The number of nitrogens with one attached hydrogen (secondary N) is 1. The third-order valence-corrected chi connectivity index (χ3v) is 2.54. The Morgan fingerprint density at radius 2 is 2.12 bits per heavy atom. The standard InChI is InChI=1S/C10H13NO4S/c1-3-15-10(12)11-16(13,14)9-6-4-8(2)5-7-9/h4-7H,3H2,1-2H3,(H,11,12)/i2D3,4D,5D,6D,7D. The van der Waals surface area contributed by atoms with Gasteiger partial charge in [-0.2, -0.15) is 0 Å². The highest BCUT2D eigenvalue weighted by molar-refractivity contribution is 7.90. The second kappa shape index (κ2) is 4.98. The maximum Gasteiger partial charge on any atom is 0.421 e. The molecule has 0 aromatic heterocycles. The molecule has 0 bridgehead atoms. The quantitative estimate of drug-likeness (QED) is 0.880. The summed E-state index contributed by atoms with van der Waals surface area (Å²) in [7, 11) is -4.77. The third kappa shape index (κ3) is 3.23. The zero-order chi connectivity index (χ0) is 18.2. The molecule has 0 fully saturated rings. The van der Waals surface area contributed by atoms with Gasteiger partial charge in [0.25, 0.3) is 10.0 Å². The second-order valence-corrected chi connectivity index (χ2v) is 4.15. The van der Waals surface area contributed by atoms with Crippen LogP contribution >= 0.6 is 0 Å². The Bertz CT molecular complexity index is 716. The van der Waals surface area contributed by atoms with E-state index in [2.05, 4.69) is 4.74 Å². The van der Waals surface area contributed by atoms with Crippen molar-refractivity contribution in [3.05, 3.63) is 29.7 Å². The van der Waals surface area contributed by atoms with Crippen LogP contribution < -0.4 is 4.72 Å². The van der Waals surface area contributed by atoms with E-state index < -0.39 is 57.6 Å². The molecule has 1 amide bonds. The average molecular weight is 250 g/mol. The Morgan fingerprint density at radius 1 is 1.50 bits per heavy atom. The van der Waals surface area contributed by atoms with Crippen LogP contribution in [0.25, 0.3) is 0 Å². The fourth-order valence-electron chi connectivity index (χ4n) is 0.757. The van der Waals surface area contributed by atoms with Crippen LogP contribution in [0, 0.1) is 6.85 Å². The van der Waals surface area contributed by atoms with Gasteiger partial charge in [-0.25, -0.2) is 17.9 Å². The van der Waals surface area contributed by atoms with Crippen molar-refractivity contribution < 1.29 is 27.5 Å². The Kier molecular flexibility index (Phi) is 1.77. The number of hydrogen-bond donors (Lipinski definition) is 1. The zero-order valence-electron chi connectivity index (χ0n) is 15.2. The van der Waals surface area contributed by atoms with Crippen molar-refractivity contribution in [3.8, 4) is 0 Å². The minimum atomic E-state index is -4.77. The van der Waals surface area contributed by atoms with Crippen LogP contribution in [0.4, 0.5) is 4.79 Å². The molecule has 0 aliphatic rings. The first-order valence-corrected chi connectivity index (χ1v) is 5.63. The summed E-state index contributed by atoms with van der Waals surface area (Å²) in [4.78, 5) is 10.1. The molecular weight excluding hydrogens is 230 g/mol. The smallest absolute Gasteiger partial charge is 0.421 e. The number of amides is 1. The molecule has 5 nitrogen and oxygen atoms in total. The molecular formula is C10H13NO4S. The lowest BCUT2D eigenvalue weighted by atomic mass is 10.2. The van der Waals surface area contributed by atoms with Gasteiger partial charge in [0.15, 0.2) is 0 Å². The third-order valence-electron chi connectivity index (χ3n) is 1.36. The van der Waals surface area contributed by atoms with Gasteiger partial charge in [-0.1, -0.05) is 17.6 Å². The molecule has 1 rings (SSSR count). The van der Waals surface area contributed by atoms with E-state index in [0.29, 0.717) is 0 Å². The first-order chi connectivity index (χ1) is 10.3. The van der Waals surface area contributed by atoms with Crippen molar-refractivity contribution in [2.45, 2.75) is 18.7 Å². The fourth-order valence-corrected chi connectivity index (χ4v) is 1.51. The van der Waals surface area contributed by atoms with Crippen LogP contribution in [-0.4, -0.2) is 21.1 Å².